The van der Waals surface area contributed by atoms with E-state index < -0.39 is 6.10 Å². The highest BCUT2D eigenvalue weighted by Crippen LogP contribution is 2.22. The van der Waals surface area contributed by atoms with Crippen LogP contribution in [0.25, 0.3) is 0 Å². The van der Waals surface area contributed by atoms with E-state index >= 15 is 0 Å². The molecule has 0 aliphatic carbocycles. The third-order valence-corrected chi connectivity index (χ3v) is 2.41. The van der Waals surface area contributed by atoms with E-state index in [-0.39, 0.29) is 0 Å². The molecule has 4 nitrogen and oxygen atoms in total. The molecule has 0 unspecified atom stereocenters. The van der Waals surface area contributed by atoms with Crippen LogP contribution in [0.4, 0.5) is 0 Å². The highest BCUT2D eigenvalue weighted by molar-refractivity contribution is 9.10. The van der Waals surface area contributed by atoms with Crippen LogP contribution in [0.15, 0.2) is 4.73 Å². The van der Waals surface area contributed by atoms with Crippen LogP contribution in [-0.2, 0) is 6.54 Å². The Morgan fingerprint density at radius 1 is 1.50 bits per heavy atom. The Labute approximate surface area is 78.7 Å². The van der Waals surface area contributed by atoms with Gasteiger partial charge >= 0.3 is 0 Å². The first-order chi connectivity index (χ1) is 5.77. The molecule has 12 heavy (non-hydrogen) atoms. The Morgan fingerprint density at radius 2 is 2.33 bits per heavy atom. The van der Waals surface area contributed by atoms with Crippen molar-refractivity contribution in [2.45, 2.75) is 31.9 Å². The number of aromatic nitrogens is 3. The zero-order chi connectivity index (χ0) is 8.55. The first-order valence-electron chi connectivity index (χ1n) is 4.05. The maximum Gasteiger partial charge on any atom is 0.217 e. The van der Waals surface area contributed by atoms with Crippen LogP contribution in [0.1, 0.15) is 31.2 Å². The molecule has 1 N–H and O–H groups in total. The third-order valence-electron chi connectivity index (χ3n) is 2.07. The number of aliphatic hydroxyl groups is 1. The number of halogens is 1. The van der Waals surface area contributed by atoms with Crippen LogP contribution < -0.4 is 0 Å². The Hall–Kier alpha value is -0.420. The molecule has 5 heteroatoms. The lowest BCUT2D eigenvalue weighted by molar-refractivity contribution is 0.156. The summed E-state index contributed by atoms with van der Waals surface area (Å²) in [5.74, 6) is 0.694. The van der Waals surface area contributed by atoms with E-state index in [0.29, 0.717) is 10.6 Å². The average Bonchev–Trinajstić information content (AvgIpc) is 2.33. The van der Waals surface area contributed by atoms with Crippen molar-refractivity contribution in [1.29, 1.82) is 0 Å². The van der Waals surface area contributed by atoms with Gasteiger partial charge in [0.1, 0.15) is 6.10 Å². The lowest BCUT2D eigenvalue weighted by Crippen LogP contribution is -2.06. The smallest absolute Gasteiger partial charge is 0.217 e. The van der Waals surface area contributed by atoms with E-state index in [1.54, 1.807) is 4.68 Å². The molecule has 0 saturated carbocycles. The fourth-order valence-electron chi connectivity index (χ4n) is 1.46. The predicted octanol–water partition coefficient (Wildman–Crippen LogP) is 1.26. The van der Waals surface area contributed by atoms with Crippen molar-refractivity contribution in [2.75, 3.05) is 0 Å². The first kappa shape index (κ1) is 8.19. The average molecular weight is 232 g/mol. The van der Waals surface area contributed by atoms with Gasteiger partial charge in [0.05, 0.1) is 0 Å². The second kappa shape index (κ2) is 3.14. The minimum absolute atomic E-state index is 0.439. The molecule has 1 atom stereocenters. The van der Waals surface area contributed by atoms with Crippen LogP contribution in [0.5, 0.6) is 0 Å². The van der Waals surface area contributed by atoms with Crippen LogP contribution >= 0.6 is 15.9 Å². The summed E-state index contributed by atoms with van der Waals surface area (Å²) in [4.78, 5) is 4.11. The third kappa shape index (κ3) is 1.38. The van der Waals surface area contributed by atoms with E-state index in [2.05, 4.69) is 26.0 Å². The van der Waals surface area contributed by atoms with E-state index in [0.717, 1.165) is 25.8 Å². The van der Waals surface area contributed by atoms with Crippen molar-refractivity contribution >= 4 is 15.9 Å². The van der Waals surface area contributed by atoms with Gasteiger partial charge in [0.2, 0.25) is 4.73 Å². The summed E-state index contributed by atoms with van der Waals surface area (Å²) in [5, 5.41) is 13.7. The quantitative estimate of drug-likeness (QED) is 0.732. The van der Waals surface area contributed by atoms with E-state index in [9.17, 15) is 5.11 Å². The molecule has 1 aromatic heterocycles. The summed E-state index contributed by atoms with van der Waals surface area (Å²) in [6.07, 6.45) is 2.47. The van der Waals surface area contributed by atoms with Gasteiger partial charge in [0.15, 0.2) is 5.82 Å². The molecule has 0 fully saturated rings. The van der Waals surface area contributed by atoms with Gasteiger partial charge in [-0.3, -0.25) is 0 Å². The highest BCUT2D eigenvalue weighted by atomic mass is 79.9. The van der Waals surface area contributed by atoms with E-state index in [1.165, 1.54) is 0 Å². The minimum atomic E-state index is -0.439. The van der Waals surface area contributed by atoms with E-state index in [4.69, 9.17) is 0 Å². The van der Waals surface area contributed by atoms with Gasteiger partial charge in [-0.25, -0.2) is 9.67 Å². The van der Waals surface area contributed by atoms with Gasteiger partial charge < -0.3 is 5.11 Å². The number of rotatable bonds is 0. The highest BCUT2D eigenvalue weighted by Gasteiger charge is 2.19. The molecule has 0 saturated heterocycles. The molecule has 0 radical (unpaired) electrons. The zero-order valence-corrected chi connectivity index (χ0v) is 8.16. The topological polar surface area (TPSA) is 50.9 Å². The second-order valence-electron chi connectivity index (χ2n) is 2.97. The van der Waals surface area contributed by atoms with Crippen molar-refractivity contribution in [3.8, 4) is 0 Å². The minimum Gasteiger partial charge on any atom is -0.385 e. The lowest BCUT2D eigenvalue weighted by Gasteiger charge is -2.04. The molecule has 0 bridgehead atoms. The Kier molecular flexibility index (Phi) is 2.14. The lowest BCUT2D eigenvalue weighted by atomic mass is 10.2. The summed E-state index contributed by atoms with van der Waals surface area (Å²) < 4.78 is 2.35. The van der Waals surface area contributed by atoms with Gasteiger partial charge in [-0.15, -0.1) is 5.10 Å². The summed E-state index contributed by atoms with van der Waals surface area (Å²) in [5.41, 5.74) is 0. The molecule has 0 amide bonds. The molecular formula is C7H10BrN3O. The maximum absolute atomic E-state index is 9.61. The molecule has 1 aliphatic rings. The van der Waals surface area contributed by atoms with Crippen molar-refractivity contribution < 1.29 is 5.11 Å². The fraction of sp³-hybridized carbons (Fsp3) is 0.714. The molecule has 2 heterocycles. The summed E-state index contributed by atoms with van der Waals surface area (Å²) in [6, 6.07) is 0. The maximum atomic E-state index is 9.61. The number of hydrogen-bond donors (Lipinski definition) is 1. The molecule has 1 aromatic rings. The number of nitrogens with zero attached hydrogens (tertiary/aromatic N) is 3. The first-order valence-corrected chi connectivity index (χ1v) is 4.85. The summed E-state index contributed by atoms with van der Waals surface area (Å²) >= 11 is 3.19. The predicted molar refractivity (Wildman–Crippen MR) is 46.5 cm³/mol. The number of fused-ring (bicyclic) bond motifs is 1. The number of hydrogen-bond acceptors (Lipinski definition) is 3. The van der Waals surface area contributed by atoms with Gasteiger partial charge in [0, 0.05) is 6.54 Å². The monoisotopic (exact) mass is 231 g/mol. The Bertz CT molecular complexity index is 286. The van der Waals surface area contributed by atoms with Crippen molar-refractivity contribution in [3.63, 3.8) is 0 Å². The standard InChI is InChI=1S/C7H10BrN3O/c8-7-9-6-5(12)3-1-2-4-11(6)10-7/h5,12H,1-4H2/t5-/m0/s1. The van der Waals surface area contributed by atoms with Crippen LogP contribution in [-0.4, -0.2) is 19.9 Å². The molecule has 0 spiro atoms. The molecule has 66 valence electrons. The van der Waals surface area contributed by atoms with E-state index in [1.807, 2.05) is 0 Å². The molecule has 1 aliphatic heterocycles. The second-order valence-corrected chi connectivity index (χ2v) is 3.68. The Balaban J connectivity index is 2.38. The number of aryl methyl sites for hydroxylation is 1. The Morgan fingerprint density at radius 3 is 3.17 bits per heavy atom. The van der Waals surface area contributed by atoms with Crippen molar-refractivity contribution in [1.82, 2.24) is 14.8 Å². The van der Waals surface area contributed by atoms with Gasteiger partial charge in [0.25, 0.3) is 0 Å². The van der Waals surface area contributed by atoms with Crippen molar-refractivity contribution in [2.24, 2.45) is 0 Å². The molecule has 0 aromatic carbocycles. The van der Waals surface area contributed by atoms with Crippen molar-refractivity contribution in [3.05, 3.63) is 10.6 Å². The van der Waals surface area contributed by atoms with Crippen LogP contribution in [0, 0.1) is 0 Å². The largest absolute Gasteiger partial charge is 0.385 e. The van der Waals surface area contributed by atoms with Gasteiger partial charge in [-0.1, -0.05) is 0 Å². The van der Waals surface area contributed by atoms with Crippen LogP contribution in [0.3, 0.4) is 0 Å². The molecular weight excluding hydrogens is 222 g/mol. The fourth-order valence-corrected chi connectivity index (χ4v) is 1.84. The van der Waals surface area contributed by atoms with Gasteiger partial charge in [-0.2, -0.15) is 0 Å². The summed E-state index contributed by atoms with van der Waals surface area (Å²) in [6.45, 7) is 0.866. The summed E-state index contributed by atoms with van der Waals surface area (Å²) in [7, 11) is 0. The molecule has 2 rings (SSSR count). The van der Waals surface area contributed by atoms with Crippen LogP contribution in [0.2, 0.25) is 0 Å². The SMILES string of the molecule is O[C@H]1CCCCn2nc(Br)nc21. The normalized spacial score (nSPS) is 23.3. The zero-order valence-electron chi connectivity index (χ0n) is 6.57. The van der Waals surface area contributed by atoms with Gasteiger partial charge in [-0.05, 0) is 35.2 Å². The number of aliphatic hydroxyl groups excluding tert-OH is 1.